The van der Waals surface area contributed by atoms with Gasteiger partial charge >= 0.3 is 8.56 Å². The van der Waals surface area contributed by atoms with Gasteiger partial charge in [0.15, 0.2) is 0 Å². The second kappa shape index (κ2) is 12.1. The van der Waals surface area contributed by atoms with Gasteiger partial charge in [-0.05, 0) is 65.9 Å². The van der Waals surface area contributed by atoms with Crippen LogP contribution in [0, 0.1) is 0 Å². The van der Waals surface area contributed by atoms with E-state index >= 15 is 0 Å². The minimum atomic E-state index is -1.94. The summed E-state index contributed by atoms with van der Waals surface area (Å²) in [5, 5.41) is 1.51. The first-order valence-electron chi connectivity index (χ1n) is 10.5. The van der Waals surface area contributed by atoms with E-state index in [2.05, 4.69) is 88.0 Å². The Morgan fingerprint density at radius 1 is 0.741 bits per heavy atom. The number of hydrogen-bond acceptors (Lipinski definition) is 4. The van der Waals surface area contributed by atoms with E-state index in [1.54, 1.807) is 0 Å². The molecule has 0 N–H and O–H groups in total. The minimum absolute atomic E-state index is 0.763. The zero-order valence-electron chi connectivity index (χ0n) is 18.8. The van der Waals surface area contributed by atoms with Gasteiger partial charge in [-0.25, -0.2) is 0 Å². The minimum Gasteiger partial charge on any atom is -0.395 e. The number of unbranched alkanes of at least 4 members (excludes halogenated alkanes) is 3. The van der Waals surface area contributed by atoms with Crippen LogP contribution in [-0.4, -0.2) is 67.5 Å². The molecule has 1 aromatic rings. The first-order chi connectivity index (χ1) is 12.8. The van der Waals surface area contributed by atoms with Gasteiger partial charge < -0.3 is 18.0 Å². The third kappa shape index (κ3) is 7.11. The number of nitrogens with zero attached hydrogens (tertiary/aromatic N) is 2. The Hall–Kier alpha value is -0.506. The summed E-state index contributed by atoms with van der Waals surface area (Å²) in [7, 11) is 5.24. The Morgan fingerprint density at radius 2 is 1.22 bits per heavy atom. The highest BCUT2D eigenvalue weighted by Gasteiger charge is 2.40. The van der Waals surface area contributed by atoms with Gasteiger partial charge in [-0.1, -0.05) is 56.0 Å². The standard InChI is InChI=1S/C21H42N2O2Si2/c1-8-24-26(7,25-9-2)19-15-10-11-16-20-27(22(3)4,23(5)6)21-17-13-12-14-18-21/h12-14,17-18H,8-11,15-16,19-20H2,1-7H3. The average Bonchev–Trinajstić information content (AvgIpc) is 2.61. The van der Waals surface area contributed by atoms with Crippen molar-refractivity contribution >= 4 is 22.1 Å². The second-order valence-electron chi connectivity index (χ2n) is 7.89. The quantitative estimate of drug-likeness (QED) is 0.339. The molecule has 0 heterocycles. The van der Waals surface area contributed by atoms with Gasteiger partial charge in [0.2, 0.25) is 8.40 Å². The molecule has 0 bridgehead atoms. The lowest BCUT2D eigenvalue weighted by Gasteiger charge is -2.43. The van der Waals surface area contributed by atoms with Crippen molar-refractivity contribution in [3.05, 3.63) is 30.3 Å². The molecule has 0 spiro atoms. The molecule has 0 atom stereocenters. The maximum absolute atomic E-state index is 5.96. The lowest BCUT2D eigenvalue weighted by Crippen LogP contribution is -2.68. The lowest BCUT2D eigenvalue weighted by molar-refractivity contribution is 0.188. The maximum Gasteiger partial charge on any atom is 0.334 e. The highest BCUT2D eigenvalue weighted by molar-refractivity contribution is 6.87. The molecule has 0 aromatic heterocycles. The Labute approximate surface area is 170 Å². The molecule has 0 unspecified atom stereocenters. The van der Waals surface area contributed by atoms with Gasteiger partial charge in [0.05, 0.1) is 0 Å². The predicted octanol–water partition coefficient (Wildman–Crippen LogP) is 4.16. The van der Waals surface area contributed by atoms with Crippen LogP contribution in [-0.2, 0) is 8.85 Å². The van der Waals surface area contributed by atoms with Crippen molar-refractivity contribution in [1.29, 1.82) is 0 Å². The lowest BCUT2D eigenvalue weighted by atomic mass is 10.2. The molecule has 27 heavy (non-hydrogen) atoms. The zero-order valence-corrected chi connectivity index (χ0v) is 20.8. The van der Waals surface area contributed by atoms with Gasteiger partial charge in [0, 0.05) is 13.2 Å². The largest absolute Gasteiger partial charge is 0.395 e. The van der Waals surface area contributed by atoms with Crippen LogP contribution in [0.25, 0.3) is 0 Å². The highest BCUT2D eigenvalue weighted by Crippen LogP contribution is 2.22. The monoisotopic (exact) mass is 410 g/mol. The molecule has 156 valence electrons. The van der Waals surface area contributed by atoms with Crippen molar-refractivity contribution in [2.75, 3.05) is 41.4 Å². The van der Waals surface area contributed by atoms with Crippen LogP contribution in [0.3, 0.4) is 0 Å². The Balaban J connectivity index is 2.58. The van der Waals surface area contributed by atoms with Crippen LogP contribution in [0.2, 0.25) is 18.6 Å². The van der Waals surface area contributed by atoms with E-state index in [0.29, 0.717) is 0 Å². The first-order valence-corrected chi connectivity index (χ1v) is 15.1. The van der Waals surface area contributed by atoms with Gasteiger partial charge in [-0.15, -0.1) is 0 Å². The molecule has 0 aliphatic heterocycles. The molecule has 0 saturated heterocycles. The molecule has 0 aliphatic rings. The van der Waals surface area contributed by atoms with Gasteiger partial charge in [-0.2, -0.15) is 0 Å². The van der Waals surface area contributed by atoms with E-state index in [-0.39, 0.29) is 0 Å². The SMILES string of the molecule is CCO[Si](C)(CCCCCC[Si](c1ccccc1)(N(C)C)N(C)C)OCC. The number of rotatable bonds is 14. The zero-order chi connectivity index (χ0) is 20.3. The fourth-order valence-electron chi connectivity index (χ4n) is 4.18. The van der Waals surface area contributed by atoms with E-state index < -0.39 is 17.0 Å². The van der Waals surface area contributed by atoms with Crippen LogP contribution < -0.4 is 5.19 Å². The molecule has 0 saturated carbocycles. The van der Waals surface area contributed by atoms with Crippen molar-refractivity contribution in [3.63, 3.8) is 0 Å². The summed E-state index contributed by atoms with van der Waals surface area (Å²) in [4.78, 5) is 0. The fourth-order valence-corrected chi connectivity index (χ4v) is 11.2. The summed E-state index contributed by atoms with van der Waals surface area (Å²) < 4.78 is 16.9. The molecule has 0 radical (unpaired) electrons. The molecular formula is C21H42N2O2Si2. The van der Waals surface area contributed by atoms with E-state index in [1.165, 1.54) is 36.9 Å². The summed E-state index contributed by atoms with van der Waals surface area (Å²) in [6.07, 6.45) is 5.04. The molecule has 4 nitrogen and oxygen atoms in total. The second-order valence-corrected chi connectivity index (χ2v) is 15.7. The normalized spacial score (nSPS) is 12.9. The molecule has 1 rings (SSSR count). The molecular weight excluding hydrogens is 368 g/mol. The smallest absolute Gasteiger partial charge is 0.334 e. The van der Waals surface area contributed by atoms with Gasteiger partial charge in [0.1, 0.15) is 0 Å². The molecule has 1 aromatic carbocycles. The Kier molecular flexibility index (Phi) is 11.0. The molecule has 0 fully saturated rings. The van der Waals surface area contributed by atoms with Crippen LogP contribution >= 0.6 is 0 Å². The van der Waals surface area contributed by atoms with E-state index in [0.717, 1.165) is 19.3 Å². The molecule has 0 amide bonds. The average molecular weight is 411 g/mol. The molecule has 0 aliphatic carbocycles. The van der Waals surface area contributed by atoms with Crippen LogP contribution in [0.5, 0.6) is 0 Å². The molecule has 6 heteroatoms. The third-order valence-corrected chi connectivity index (χ3v) is 13.8. The Bertz CT molecular complexity index is 498. The fraction of sp³-hybridized carbons (Fsp3) is 0.714. The maximum atomic E-state index is 5.96. The summed E-state index contributed by atoms with van der Waals surface area (Å²) in [6.45, 7) is 7.88. The number of hydrogen-bond donors (Lipinski definition) is 0. The van der Waals surface area contributed by atoms with Crippen LogP contribution in [0.15, 0.2) is 30.3 Å². The third-order valence-electron chi connectivity index (χ3n) is 5.52. The predicted molar refractivity (Wildman–Crippen MR) is 122 cm³/mol. The summed E-state index contributed by atoms with van der Waals surface area (Å²) in [5.41, 5.74) is 0. The van der Waals surface area contributed by atoms with Crippen molar-refractivity contribution in [2.45, 2.75) is 58.2 Å². The summed E-state index contributed by atoms with van der Waals surface area (Å²) >= 11 is 0. The van der Waals surface area contributed by atoms with Crippen LogP contribution in [0.4, 0.5) is 0 Å². The summed E-state index contributed by atoms with van der Waals surface area (Å²) in [6, 6.07) is 13.5. The van der Waals surface area contributed by atoms with E-state index in [1.807, 2.05) is 0 Å². The van der Waals surface area contributed by atoms with E-state index in [4.69, 9.17) is 8.85 Å². The van der Waals surface area contributed by atoms with E-state index in [9.17, 15) is 0 Å². The van der Waals surface area contributed by atoms with Gasteiger partial charge in [-0.3, -0.25) is 0 Å². The van der Waals surface area contributed by atoms with Gasteiger partial charge in [0.25, 0.3) is 0 Å². The number of benzene rings is 1. The summed E-state index contributed by atoms with van der Waals surface area (Å²) in [5.74, 6) is 0. The highest BCUT2D eigenvalue weighted by atomic mass is 28.4. The van der Waals surface area contributed by atoms with Crippen molar-refractivity contribution in [1.82, 2.24) is 9.13 Å². The topological polar surface area (TPSA) is 24.9 Å². The van der Waals surface area contributed by atoms with Crippen LogP contribution in [0.1, 0.15) is 39.5 Å². The first kappa shape index (κ1) is 24.5. The van der Waals surface area contributed by atoms with Crippen molar-refractivity contribution in [3.8, 4) is 0 Å². The van der Waals surface area contributed by atoms with Crippen molar-refractivity contribution < 1.29 is 8.85 Å². The van der Waals surface area contributed by atoms with Crippen molar-refractivity contribution in [2.24, 2.45) is 0 Å². The Morgan fingerprint density at radius 3 is 1.67 bits per heavy atom.